The molecule has 11 heteroatoms. The Labute approximate surface area is 319 Å². The molecule has 280 valence electrons. The third-order valence-electron chi connectivity index (χ3n) is 11.8. The third-order valence-corrected chi connectivity index (χ3v) is 18.2. The highest BCUT2D eigenvalue weighted by Crippen LogP contribution is 2.44. The van der Waals surface area contributed by atoms with Crippen molar-refractivity contribution in [1.29, 1.82) is 0 Å². The van der Waals surface area contributed by atoms with E-state index in [2.05, 4.69) is 54.3 Å². The van der Waals surface area contributed by atoms with Crippen LogP contribution < -0.4 is 14.8 Å². The van der Waals surface area contributed by atoms with Crippen LogP contribution >= 0.6 is 0 Å². The number of amides is 2. The van der Waals surface area contributed by atoms with E-state index in [-0.39, 0.29) is 9.93 Å². The Hall–Kier alpha value is -4.55. The number of nitrogens with zero attached hydrogens (tertiary/aromatic N) is 3. The summed E-state index contributed by atoms with van der Waals surface area (Å²) in [4.78, 5) is 14.6. The van der Waals surface area contributed by atoms with Crippen molar-refractivity contribution in [1.82, 2.24) is 14.5 Å². The second-order valence-electron chi connectivity index (χ2n) is 16.6. The van der Waals surface area contributed by atoms with E-state index in [1.807, 2.05) is 97.9 Å². The Morgan fingerprint density at radius 3 is 1.87 bits per heavy atom. The molecule has 9 nitrogen and oxygen atoms in total. The van der Waals surface area contributed by atoms with Crippen LogP contribution in [0.25, 0.3) is 0 Å². The maximum Gasteiger partial charge on any atom is 0.354 e. The normalized spacial score (nSPS) is 18.6. The number of benzene rings is 4. The van der Waals surface area contributed by atoms with Gasteiger partial charge in [0.1, 0.15) is 16.0 Å². The van der Waals surface area contributed by atoms with Crippen molar-refractivity contribution < 1.29 is 18.2 Å². The summed E-state index contributed by atoms with van der Waals surface area (Å²) in [7, 11) is -5.99. The third kappa shape index (κ3) is 6.30. The van der Waals surface area contributed by atoms with Gasteiger partial charge in [-0.1, -0.05) is 118 Å². The average Bonchev–Trinajstić information content (AvgIpc) is 3.66. The molecule has 0 saturated carbocycles. The summed E-state index contributed by atoms with van der Waals surface area (Å²) in [5.74, 6) is 0.307. The molecule has 0 bridgehead atoms. The van der Waals surface area contributed by atoms with Gasteiger partial charge in [0.15, 0.2) is 18.2 Å². The molecule has 0 fully saturated rings. The highest BCUT2D eigenvalue weighted by molar-refractivity contribution is 7.92. The quantitative estimate of drug-likeness (QED) is 0.109. The van der Waals surface area contributed by atoms with Crippen molar-refractivity contribution in [3.05, 3.63) is 142 Å². The van der Waals surface area contributed by atoms with Gasteiger partial charge in [0, 0.05) is 5.69 Å². The molecule has 3 aliphatic rings. The molecule has 2 atom stereocenters. The first kappa shape index (κ1) is 36.4. The summed E-state index contributed by atoms with van der Waals surface area (Å²) >= 11 is 0. The zero-order chi connectivity index (χ0) is 37.9. The van der Waals surface area contributed by atoms with Crippen LogP contribution in [0.2, 0.25) is 18.1 Å². The molecule has 1 aliphatic heterocycles. The monoisotopic (exact) mass is 759 g/mol. The molecule has 1 aromatic heterocycles. The molecule has 54 heavy (non-hydrogen) atoms. The van der Waals surface area contributed by atoms with Crippen LogP contribution in [0.4, 0.5) is 10.5 Å². The zero-order valence-corrected chi connectivity index (χ0v) is 33.8. The fourth-order valence-electron chi connectivity index (χ4n) is 7.51. The minimum atomic E-state index is -3.88. The van der Waals surface area contributed by atoms with E-state index >= 15 is 4.21 Å². The minimum absolute atomic E-state index is 0.0157. The van der Waals surface area contributed by atoms with E-state index in [4.69, 9.17) is 14.3 Å². The van der Waals surface area contributed by atoms with Gasteiger partial charge in [0.25, 0.3) is 0 Å². The molecule has 8 rings (SSSR count). The second kappa shape index (κ2) is 13.3. The second-order valence-corrected chi connectivity index (χ2v) is 23.3. The molecule has 2 amide bonds. The lowest BCUT2D eigenvalue weighted by atomic mass is 9.76. The predicted molar refractivity (Wildman–Crippen MR) is 216 cm³/mol. The van der Waals surface area contributed by atoms with Gasteiger partial charge in [-0.2, -0.15) is 5.10 Å². The number of aromatic nitrogens is 2. The molecule has 0 radical (unpaired) electrons. The Kier molecular flexibility index (Phi) is 8.99. The predicted octanol–water partition coefficient (Wildman–Crippen LogP) is 8.81. The zero-order valence-electron chi connectivity index (χ0n) is 31.9. The molecule has 4 aromatic carbocycles. The number of nitrogens with one attached hydrogen (secondary N) is 2. The van der Waals surface area contributed by atoms with Crippen LogP contribution in [-0.4, -0.2) is 40.5 Å². The number of rotatable bonds is 10. The first-order chi connectivity index (χ1) is 25.7. The molecule has 0 unspecified atom stereocenters. The van der Waals surface area contributed by atoms with E-state index < -0.39 is 35.4 Å². The van der Waals surface area contributed by atoms with Gasteiger partial charge in [-0.15, -0.1) is 4.36 Å². The lowest BCUT2D eigenvalue weighted by Gasteiger charge is -2.38. The smallest absolute Gasteiger partial charge is 0.354 e. The fraction of sp³-hybridized carbons (Fsp3) is 0.349. The number of ether oxygens (including phenoxy) is 1. The number of carbonyl (C=O) groups is 1. The Bertz CT molecular complexity index is 2220. The maximum absolute atomic E-state index is 16.2. The summed E-state index contributed by atoms with van der Waals surface area (Å²) in [5.41, 5.74) is 6.14. The van der Waals surface area contributed by atoms with E-state index in [9.17, 15) is 4.79 Å². The Morgan fingerprint density at radius 1 is 0.889 bits per heavy atom. The number of urea groups is 1. The van der Waals surface area contributed by atoms with Crippen LogP contribution in [0.3, 0.4) is 0 Å². The maximum atomic E-state index is 16.2. The van der Waals surface area contributed by atoms with Gasteiger partial charge >= 0.3 is 6.03 Å². The van der Waals surface area contributed by atoms with Gasteiger partial charge in [-0.05, 0) is 89.7 Å². The van der Waals surface area contributed by atoms with Crippen LogP contribution in [0, 0.1) is 0 Å². The number of hydrogen-bond acceptors (Lipinski definition) is 5. The van der Waals surface area contributed by atoms with Crippen LogP contribution in [0.5, 0.6) is 5.88 Å². The molecule has 5 aromatic rings. The molecule has 2 aliphatic carbocycles. The highest BCUT2D eigenvalue weighted by Gasteiger charge is 2.46. The standard InChI is InChI=1S/C43H49N5O4SSi/c1-41(2,3)54(5,6)51-29-42(4)28-48-39(52-42)37(27-44-48)53(50,46-40(49)45-38-35-24-22-30(35)26-31-23-25-36(31)38)47-43(32-16-10-7-11-17-32,33-18-12-8-13-19-33)34-20-14-9-15-21-34/h7-21,26-27H,22-25,28-29H2,1-6H3,(H2,45,46,47,49,50)/t42-,53-/m1/s1. The summed E-state index contributed by atoms with van der Waals surface area (Å²) < 4.78 is 39.5. The Balaban J connectivity index is 1.28. The topological polar surface area (TPSA) is 107 Å². The average molecular weight is 760 g/mol. The van der Waals surface area contributed by atoms with Crippen molar-refractivity contribution in [3.63, 3.8) is 0 Å². The summed E-state index contributed by atoms with van der Waals surface area (Å²) in [6.45, 7) is 13.8. The van der Waals surface area contributed by atoms with Gasteiger partial charge in [-0.25, -0.2) is 18.4 Å². The lowest BCUT2D eigenvalue weighted by molar-refractivity contribution is 0.0449. The molecular formula is C43H49N5O4SSi. The minimum Gasteiger partial charge on any atom is -0.466 e. The first-order valence-corrected chi connectivity index (χ1v) is 23.2. The molecule has 2 heterocycles. The van der Waals surface area contributed by atoms with Crippen molar-refractivity contribution in [2.45, 2.75) is 94.1 Å². The lowest BCUT2D eigenvalue weighted by Crippen LogP contribution is -2.48. The molecule has 0 saturated heterocycles. The number of anilines is 1. The SMILES string of the molecule is CC(C)(C)[Si](C)(C)OC[C@@]1(C)Cn2ncc([S@@](=O)(=NC(=O)Nc3c4c(cc5c3CC5)CC4)NC(c3ccccc3)(c3ccccc3)c3ccccc3)c2O1. The number of aryl methyl sites for hydroxylation is 2. The van der Waals surface area contributed by atoms with Crippen LogP contribution in [0.1, 0.15) is 66.6 Å². The van der Waals surface area contributed by atoms with Crippen LogP contribution in [-0.2, 0) is 52.1 Å². The van der Waals surface area contributed by atoms with Crippen molar-refractivity contribution in [3.8, 4) is 5.88 Å². The highest BCUT2D eigenvalue weighted by atomic mass is 32.2. The van der Waals surface area contributed by atoms with Gasteiger partial charge < -0.3 is 14.5 Å². The Morgan fingerprint density at radius 2 is 1.41 bits per heavy atom. The van der Waals surface area contributed by atoms with Gasteiger partial charge in [0.2, 0.25) is 5.88 Å². The first-order valence-electron chi connectivity index (χ1n) is 18.8. The van der Waals surface area contributed by atoms with E-state index in [1.165, 1.54) is 17.3 Å². The van der Waals surface area contributed by atoms with Crippen LogP contribution in [0.15, 0.2) is 113 Å². The van der Waals surface area contributed by atoms with E-state index in [1.54, 1.807) is 4.68 Å². The fourth-order valence-corrected chi connectivity index (χ4v) is 10.5. The molecule has 2 N–H and O–H groups in total. The summed E-state index contributed by atoms with van der Waals surface area (Å²) in [5, 5.41) is 7.83. The van der Waals surface area contributed by atoms with Crippen molar-refractivity contribution >= 4 is 30.0 Å². The largest absolute Gasteiger partial charge is 0.466 e. The summed E-state index contributed by atoms with van der Waals surface area (Å²) in [6, 6.07) is 31.2. The number of carbonyl (C=O) groups excluding carboxylic acids is 1. The number of hydrogen-bond donors (Lipinski definition) is 2. The van der Waals surface area contributed by atoms with E-state index in [0.717, 1.165) is 59.2 Å². The van der Waals surface area contributed by atoms with Crippen molar-refractivity contribution in [2.75, 3.05) is 11.9 Å². The summed E-state index contributed by atoms with van der Waals surface area (Å²) in [6.07, 6.45) is 5.30. The van der Waals surface area contributed by atoms with Gasteiger partial charge in [-0.3, -0.25) is 0 Å². The van der Waals surface area contributed by atoms with Gasteiger partial charge in [0.05, 0.1) is 19.3 Å². The van der Waals surface area contributed by atoms with E-state index in [0.29, 0.717) is 19.0 Å². The number of fused-ring (bicyclic) bond motifs is 3. The molecule has 0 spiro atoms. The molecular weight excluding hydrogens is 711 g/mol. The van der Waals surface area contributed by atoms with Crippen molar-refractivity contribution in [2.24, 2.45) is 4.36 Å².